The first-order valence-electron chi connectivity index (χ1n) is 6.17. The number of hydrogen-bond donors (Lipinski definition) is 0. The summed E-state index contributed by atoms with van der Waals surface area (Å²) in [6, 6.07) is 0. The zero-order valence-electron chi connectivity index (χ0n) is 10.2. The van der Waals surface area contributed by atoms with Crippen molar-refractivity contribution in [2.24, 2.45) is 5.92 Å². The SMILES string of the molecule is C=C(C)C1CC=CCCC=CCC(=O)CC1. The predicted octanol–water partition coefficient (Wildman–Crippen LogP) is 4.21. The Labute approximate surface area is 98.9 Å². The molecule has 88 valence electrons. The number of allylic oxidation sites excluding steroid dienone is 5. The summed E-state index contributed by atoms with van der Waals surface area (Å²) in [5.74, 6) is 0.829. The molecular formula is C15H22O. The largest absolute Gasteiger partial charge is 0.299 e. The molecular weight excluding hydrogens is 196 g/mol. The Bertz CT molecular complexity index is 297. The van der Waals surface area contributed by atoms with Gasteiger partial charge in [-0.05, 0) is 38.5 Å². The molecule has 0 spiro atoms. The van der Waals surface area contributed by atoms with E-state index in [1.165, 1.54) is 5.57 Å². The first-order chi connectivity index (χ1) is 7.70. The summed E-state index contributed by atoms with van der Waals surface area (Å²) < 4.78 is 0. The average molecular weight is 218 g/mol. The molecule has 0 heterocycles. The van der Waals surface area contributed by atoms with Gasteiger partial charge in [0.2, 0.25) is 0 Å². The van der Waals surface area contributed by atoms with Gasteiger partial charge in [0.15, 0.2) is 0 Å². The molecule has 1 rings (SSSR count). The lowest BCUT2D eigenvalue weighted by atomic mass is 9.91. The molecule has 0 saturated carbocycles. The van der Waals surface area contributed by atoms with Crippen molar-refractivity contribution in [2.45, 2.75) is 45.4 Å². The van der Waals surface area contributed by atoms with E-state index in [9.17, 15) is 4.79 Å². The number of carbonyl (C=O) groups excluding carboxylic acids is 1. The number of rotatable bonds is 1. The summed E-state index contributed by atoms with van der Waals surface area (Å²) in [6.45, 7) is 6.08. The van der Waals surface area contributed by atoms with Crippen LogP contribution in [0, 0.1) is 5.92 Å². The molecule has 1 aliphatic rings. The van der Waals surface area contributed by atoms with Crippen LogP contribution in [-0.4, -0.2) is 5.78 Å². The molecule has 0 amide bonds. The molecule has 0 N–H and O–H groups in total. The lowest BCUT2D eigenvalue weighted by Crippen LogP contribution is -2.05. The third kappa shape index (κ3) is 5.11. The second-order valence-corrected chi connectivity index (χ2v) is 4.58. The third-order valence-corrected chi connectivity index (χ3v) is 3.07. The van der Waals surface area contributed by atoms with E-state index in [2.05, 4.69) is 31.7 Å². The van der Waals surface area contributed by atoms with Gasteiger partial charge in [0.1, 0.15) is 5.78 Å². The first kappa shape index (κ1) is 13.0. The van der Waals surface area contributed by atoms with Crippen LogP contribution in [0.15, 0.2) is 36.5 Å². The number of carbonyl (C=O) groups is 1. The molecule has 1 aliphatic carbocycles. The molecule has 1 heteroatoms. The molecule has 0 aromatic heterocycles. The Hall–Kier alpha value is -1.11. The summed E-state index contributed by atoms with van der Waals surface area (Å²) in [5, 5.41) is 0. The minimum absolute atomic E-state index is 0.354. The van der Waals surface area contributed by atoms with Crippen LogP contribution in [0.2, 0.25) is 0 Å². The van der Waals surface area contributed by atoms with Crippen LogP contribution in [0.1, 0.15) is 45.4 Å². The van der Waals surface area contributed by atoms with Crippen molar-refractivity contribution in [1.82, 2.24) is 0 Å². The molecule has 0 aromatic carbocycles. The van der Waals surface area contributed by atoms with Crippen molar-refractivity contribution in [3.05, 3.63) is 36.5 Å². The van der Waals surface area contributed by atoms with Crippen molar-refractivity contribution >= 4 is 5.78 Å². The zero-order chi connectivity index (χ0) is 11.8. The van der Waals surface area contributed by atoms with E-state index in [-0.39, 0.29) is 0 Å². The fourth-order valence-corrected chi connectivity index (χ4v) is 1.91. The van der Waals surface area contributed by atoms with Gasteiger partial charge in [0.05, 0.1) is 0 Å². The summed E-state index contributed by atoms with van der Waals surface area (Å²) in [5.41, 5.74) is 1.20. The van der Waals surface area contributed by atoms with E-state index in [1.54, 1.807) is 0 Å². The Morgan fingerprint density at radius 2 is 1.94 bits per heavy atom. The second kappa shape index (κ2) is 7.21. The van der Waals surface area contributed by atoms with E-state index < -0.39 is 0 Å². The maximum atomic E-state index is 11.6. The van der Waals surface area contributed by atoms with E-state index in [1.807, 2.05) is 6.08 Å². The van der Waals surface area contributed by atoms with Crippen LogP contribution in [-0.2, 0) is 4.79 Å². The topological polar surface area (TPSA) is 17.1 Å². The van der Waals surface area contributed by atoms with Gasteiger partial charge < -0.3 is 0 Å². The van der Waals surface area contributed by atoms with Crippen molar-refractivity contribution in [2.75, 3.05) is 0 Å². The van der Waals surface area contributed by atoms with Crippen LogP contribution in [0.4, 0.5) is 0 Å². The van der Waals surface area contributed by atoms with E-state index in [0.717, 1.165) is 25.7 Å². The average Bonchev–Trinajstić information content (AvgIpc) is 2.23. The fourth-order valence-electron chi connectivity index (χ4n) is 1.91. The van der Waals surface area contributed by atoms with Crippen molar-refractivity contribution in [3.63, 3.8) is 0 Å². The molecule has 1 unspecified atom stereocenters. The van der Waals surface area contributed by atoms with Gasteiger partial charge in [0, 0.05) is 12.8 Å². The van der Waals surface area contributed by atoms with E-state index in [4.69, 9.17) is 0 Å². The Kier molecular flexibility index (Phi) is 5.84. The minimum atomic E-state index is 0.354. The molecule has 0 aliphatic heterocycles. The normalized spacial score (nSPS) is 23.6. The van der Waals surface area contributed by atoms with Crippen LogP contribution < -0.4 is 0 Å². The highest BCUT2D eigenvalue weighted by molar-refractivity contribution is 5.79. The van der Waals surface area contributed by atoms with Gasteiger partial charge in [0.25, 0.3) is 0 Å². The molecule has 0 fully saturated rings. The smallest absolute Gasteiger partial charge is 0.136 e. The lowest BCUT2D eigenvalue weighted by molar-refractivity contribution is -0.118. The van der Waals surface area contributed by atoms with Crippen LogP contribution in [0.5, 0.6) is 0 Å². The summed E-state index contributed by atoms with van der Waals surface area (Å²) in [7, 11) is 0. The van der Waals surface area contributed by atoms with Gasteiger partial charge in [-0.15, -0.1) is 0 Å². The van der Waals surface area contributed by atoms with Crippen molar-refractivity contribution in [3.8, 4) is 0 Å². The second-order valence-electron chi connectivity index (χ2n) is 4.58. The lowest BCUT2D eigenvalue weighted by Gasteiger charge is -2.14. The van der Waals surface area contributed by atoms with Gasteiger partial charge in [-0.3, -0.25) is 4.79 Å². The zero-order valence-corrected chi connectivity index (χ0v) is 10.2. The van der Waals surface area contributed by atoms with Crippen LogP contribution in [0.25, 0.3) is 0 Å². The highest BCUT2D eigenvalue weighted by atomic mass is 16.1. The number of ketones is 1. The monoisotopic (exact) mass is 218 g/mol. The van der Waals surface area contributed by atoms with Gasteiger partial charge in [-0.25, -0.2) is 0 Å². The highest BCUT2D eigenvalue weighted by Crippen LogP contribution is 2.21. The summed E-state index contributed by atoms with van der Waals surface area (Å²) in [6.07, 6.45) is 14.0. The van der Waals surface area contributed by atoms with Crippen molar-refractivity contribution in [1.29, 1.82) is 0 Å². The molecule has 1 atom stereocenters. The maximum absolute atomic E-state index is 11.6. The predicted molar refractivity (Wildman–Crippen MR) is 69.3 cm³/mol. The number of Topliss-reactive ketones (excluding diaryl/α,β-unsaturated/α-hetero) is 1. The third-order valence-electron chi connectivity index (χ3n) is 3.07. The van der Waals surface area contributed by atoms with E-state index >= 15 is 0 Å². The minimum Gasteiger partial charge on any atom is -0.299 e. The van der Waals surface area contributed by atoms with Crippen molar-refractivity contribution < 1.29 is 4.79 Å². The van der Waals surface area contributed by atoms with Gasteiger partial charge in [-0.1, -0.05) is 36.5 Å². The number of hydrogen-bond acceptors (Lipinski definition) is 1. The molecule has 0 saturated heterocycles. The van der Waals surface area contributed by atoms with Gasteiger partial charge >= 0.3 is 0 Å². The van der Waals surface area contributed by atoms with Crippen LogP contribution in [0.3, 0.4) is 0 Å². The standard InChI is InChI=1S/C15H22O/c1-13(2)14-9-7-5-3-4-6-8-10-15(16)12-11-14/h5-8,14H,1,3-4,9-12H2,2H3. The maximum Gasteiger partial charge on any atom is 0.136 e. The first-order valence-corrected chi connectivity index (χ1v) is 6.17. The molecule has 0 radical (unpaired) electrons. The molecule has 1 nitrogen and oxygen atoms in total. The van der Waals surface area contributed by atoms with E-state index in [0.29, 0.717) is 24.5 Å². The quantitative estimate of drug-likeness (QED) is 0.602. The summed E-state index contributed by atoms with van der Waals surface area (Å²) >= 11 is 0. The fraction of sp³-hybridized carbons (Fsp3) is 0.533. The Balaban J connectivity index is 2.57. The molecule has 16 heavy (non-hydrogen) atoms. The van der Waals surface area contributed by atoms with Gasteiger partial charge in [-0.2, -0.15) is 0 Å². The summed E-state index contributed by atoms with van der Waals surface area (Å²) in [4.78, 5) is 11.6. The Morgan fingerprint density at radius 1 is 1.25 bits per heavy atom. The molecule has 0 bridgehead atoms. The van der Waals surface area contributed by atoms with Crippen LogP contribution >= 0.6 is 0 Å². The molecule has 0 aromatic rings. The Morgan fingerprint density at radius 3 is 2.62 bits per heavy atom. The highest BCUT2D eigenvalue weighted by Gasteiger charge is 2.10.